The summed E-state index contributed by atoms with van der Waals surface area (Å²) in [5, 5.41) is 9.03. The van der Waals surface area contributed by atoms with Gasteiger partial charge in [-0.1, -0.05) is 29.3 Å². The molecule has 1 aromatic carbocycles. The van der Waals surface area contributed by atoms with Crippen molar-refractivity contribution in [3.8, 4) is 0 Å². The molecule has 1 aromatic heterocycles. The number of carboxylic acids is 1. The quantitative estimate of drug-likeness (QED) is 0.816. The van der Waals surface area contributed by atoms with Crippen LogP contribution in [-0.4, -0.2) is 24.5 Å². The van der Waals surface area contributed by atoms with Gasteiger partial charge in [0.25, 0.3) is 10.0 Å². The molecule has 0 aliphatic rings. The number of nitrogens with one attached hydrogen (secondary N) is 1. The predicted molar refractivity (Wildman–Crippen MR) is 83.2 cm³/mol. The molecule has 9 heteroatoms. The van der Waals surface area contributed by atoms with Crippen molar-refractivity contribution in [3.63, 3.8) is 0 Å². The normalized spacial score (nSPS) is 11.2. The molecule has 0 saturated heterocycles. The Labute approximate surface area is 136 Å². The van der Waals surface area contributed by atoms with Crippen molar-refractivity contribution >= 4 is 44.9 Å². The molecular formula is C13H10Cl2N2O4S. The van der Waals surface area contributed by atoms with Crippen LogP contribution in [0.1, 0.15) is 15.9 Å². The van der Waals surface area contributed by atoms with Gasteiger partial charge in [-0.15, -0.1) is 0 Å². The lowest BCUT2D eigenvalue weighted by Gasteiger charge is -2.10. The maximum atomic E-state index is 12.3. The largest absolute Gasteiger partial charge is 0.478 e. The number of carbonyl (C=O) groups is 1. The Balaban J connectivity index is 2.38. The first-order valence-electron chi connectivity index (χ1n) is 5.88. The summed E-state index contributed by atoms with van der Waals surface area (Å²) in [7, 11) is -3.92. The second-order valence-electron chi connectivity index (χ2n) is 4.38. The van der Waals surface area contributed by atoms with E-state index in [0.29, 0.717) is 5.02 Å². The summed E-state index contributed by atoms with van der Waals surface area (Å²) in [6.45, 7) is 1.74. The number of nitrogens with zero attached hydrogens (tertiary/aromatic N) is 1. The van der Waals surface area contributed by atoms with Crippen LogP contribution >= 0.6 is 23.2 Å². The van der Waals surface area contributed by atoms with Crippen molar-refractivity contribution in [1.29, 1.82) is 0 Å². The molecular weight excluding hydrogens is 351 g/mol. The summed E-state index contributed by atoms with van der Waals surface area (Å²) in [4.78, 5) is 14.6. The van der Waals surface area contributed by atoms with Crippen molar-refractivity contribution in [2.45, 2.75) is 11.8 Å². The lowest BCUT2D eigenvalue weighted by molar-refractivity contribution is 0.0696. The van der Waals surface area contributed by atoms with E-state index in [4.69, 9.17) is 28.3 Å². The van der Waals surface area contributed by atoms with Gasteiger partial charge in [0.1, 0.15) is 5.15 Å². The average molecular weight is 361 g/mol. The van der Waals surface area contributed by atoms with Crippen molar-refractivity contribution < 1.29 is 18.3 Å². The molecule has 2 aromatic rings. The Kier molecular flexibility index (Phi) is 4.60. The summed E-state index contributed by atoms with van der Waals surface area (Å²) in [6.07, 6.45) is 1.13. The molecule has 0 aliphatic heterocycles. The summed E-state index contributed by atoms with van der Waals surface area (Å²) in [5.41, 5.74) is 0.421. The number of aryl methyl sites for hydroxylation is 1. The third kappa shape index (κ3) is 3.49. The Morgan fingerprint density at radius 1 is 1.27 bits per heavy atom. The van der Waals surface area contributed by atoms with Crippen LogP contribution in [0.15, 0.2) is 35.4 Å². The number of hydrogen-bond donors (Lipinski definition) is 2. The number of hydrogen-bond acceptors (Lipinski definition) is 4. The number of halogens is 2. The number of anilines is 1. The van der Waals surface area contributed by atoms with Crippen molar-refractivity contribution in [2.75, 3.05) is 4.72 Å². The van der Waals surface area contributed by atoms with Gasteiger partial charge < -0.3 is 5.11 Å². The number of aromatic carboxylic acids is 1. The molecule has 0 atom stereocenters. The summed E-state index contributed by atoms with van der Waals surface area (Å²) in [5.74, 6) is -1.31. The van der Waals surface area contributed by atoms with E-state index in [2.05, 4.69) is 9.71 Å². The van der Waals surface area contributed by atoms with Gasteiger partial charge in [-0.25, -0.2) is 18.2 Å². The number of aromatic nitrogens is 1. The highest BCUT2D eigenvalue weighted by molar-refractivity contribution is 7.92. The van der Waals surface area contributed by atoms with Gasteiger partial charge in [0.05, 0.1) is 22.3 Å². The number of sulfonamides is 1. The minimum atomic E-state index is -3.92. The Morgan fingerprint density at radius 3 is 2.55 bits per heavy atom. The van der Waals surface area contributed by atoms with E-state index < -0.39 is 16.0 Å². The molecule has 116 valence electrons. The summed E-state index contributed by atoms with van der Waals surface area (Å²) < 4.78 is 26.7. The average Bonchev–Trinajstić information content (AvgIpc) is 2.43. The zero-order valence-electron chi connectivity index (χ0n) is 11.2. The first-order valence-corrected chi connectivity index (χ1v) is 8.12. The van der Waals surface area contributed by atoms with Crippen LogP contribution in [0, 0.1) is 6.92 Å². The monoisotopic (exact) mass is 360 g/mol. The third-order valence-electron chi connectivity index (χ3n) is 2.78. The maximum absolute atomic E-state index is 12.3. The molecule has 0 unspecified atom stereocenters. The van der Waals surface area contributed by atoms with Crippen LogP contribution in [0.3, 0.4) is 0 Å². The van der Waals surface area contributed by atoms with E-state index in [1.165, 1.54) is 12.1 Å². The molecule has 6 nitrogen and oxygen atoms in total. The Bertz CT molecular complexity index is 853. The summed E-state index contributed by atoms with van der Waals surface area (Å²) in [6, 6.07) is 5.36. The van der Waals surface area contributed by atoms with Crippen molar-refractivity contribution in [2.24, 2.45) is 0 Å². The zero-order valence-corrected chi connectivity index (χ0v) is 13.5. The van der Waals surface area contributed by atoms with E-state index in [0.717, 1.165) is 17.8 Å². The fourth-order valence-electron chi connectivity index (χ4n) is 1.61. The van der Waals surface area contributed by atoms with Gasteiger partial charge in [-0.2, -0.15) is 0 Å². The van der Waals surface area contributed by atoms with Crippen LogP contribution in [0.2, 0.25) is 10.2 Å². The van der Waals surface area contributed by atoms with Crippen molar-refractivity contribution in [3.05, 3.63) is 51.8 Å². The maximum Gasteiger partial charge on any atom is 0.338 e. The molecule has 0 aliphatic carbocycles. The molecule has 22 heavy (non-hydrogen) atoms. The second-order valence-corrected chi connectivity index (χ2v) is 6.83. The van der Waals surface area contributed by atoms with Gasteiger partial charge in [0.2, 0.25) is 0 Å². The van der Waals surface area contributed by atoms with E-state index in [9.17, 15) is 13.2 Å². The minimum absolute atomic E-state index is 0.0153. The van der Waals surface area contributed by atoms with Gasteiger partial charge in [-0.05, 0) is 30.7 Å². The predicted octanol–water partition coefficient (Wildman–Crippen LogP) is 3.20. The van der Waals surface area contributed by atoms with Crippen LogP contribution in [-0.2, 0) is 10.0 Å². The fourth-order valence-corrected chi connectivity index (χ4v) is 3.10. The molecule has 0 amide bonds. The lowest BCUT2D eigenvalue weighted by atomic mass is 10.2. The van der Waals surface area contributed by atoms with E-state index in [-0.39, 0.29) is 21.3 Å². The molecule has 0 radical (unpaired) electrons. The standard InChI is InChI=1S/C13H10Cl2N2O4S/c1-7-2-3-9(5-11(7)14)22(20,21)17-8-4-10(13(18)19)12(15)16-6-8/h2-6,17H,1H3,(H,18,19). The van der Waals surface area contributed by atoms with Crippen LogP contribution in [0.5, 0.6) is 0 Å². The number of rotatable bonds is 4. The highest BCUT2D eigenvalue weighted by atomic mass is 35.5. The Morgan fingerprint density at radius 2 is 1.95 bits per heavy atom. The first kappa shape index (κ1) is 16.5. The number of benzene rings is 1. The third-order valence-corrected chi connectivity index (χ3v) is 4.86. The molecule has 0 bridgehead atoms. The molecule has 1 heterocycles. The molecule has 2 N–H and O–H groups in total. The van der Waals surface area contributed by atoms with E-state index in [1.807, 2.05) is 0 Å². The van der Waals surface area contributed by atoms with Gasteiger partial charge in [0.15, 0.2) is 0 Å². The summed E-state index contributed by atoms with van der Waals surface area (Å²) >= 11 is 11.5. The second kappa shape index (κ2) is 6.12. The number of carboxylic acid groups (broad SMARTS) is 1. The SMILES string of the molecule is Cc1ccc(S(=O)(=O)Nc2cnc(Cl)c(C(=O)O)c2)cc1Cl. The van der Waals surface area contributed by atoms with E-state index in [1.54, 1.807) is 13.0 Å². The van der Waals surface area contributed by atoms with Gasteiger partial charge in [-0.3, -0.25) is 4.72 Å². The fraction of sp³-hybridized carbons (Fsp3) is 0.0769. The Hall–Kier alpha value is -1.83. The van der Waals surface area contributed by atoms with Crippen molar-refractivity contribution in [1.82, 2.24) is 4.98 Å². The highest BCUT2D eigenvalue weighted by Crippen LogP contribution is 2.23. The minimum Gasteiger partial charge on any atom is -0.478 e. The molecule has 0 saturated carbocycles. The van der Waals surface area contributed by atoms with Crippen LogP contribution in [0.4, 0.5) is 5.69 Å². The zero-order chi connectivity index (χ0) is 16.5. The van der Waals surface area contributed by atoms with Gasteiger partial charge in [0, 0.05) is 5.02 Å². The lowest BCUT2D eigenvalue weighted by Crippen LogP contribution is -2.14. The molecule has 0 spiro atoms. The van der Waals surface area contributed by atoms with Crippen LogP contribution < -0.4 is 4.72 Å². The van der Waals surface area contributed by atoms with E-state index >= 15 is 0 Å². The first-order chi connectivity index (χ1) is 10.2. The topological polar surface area (TPSA) is 96.4 Å². The smallest absolute Gasteiger partial charge is 0.338 e. The molecule has 2 rings (SSSR count). The van der Waals surface area contributed by atoms with Gasteiger partial charge >= 0.3 is 5.97 Å². The highest BCUT2D eigenvalue weighted by Gasteiger charge is 2.18. The van der Waals surface area contributed by atoms with Crippen LogP contribution in [0.25, 0.3) is 0 Å². The number of pyridine rings is 1. The molecule has 0 fully saturated rings.